The van der Waals surface area contributed by atoms with Crippen LogP contribution in [-0.4, -0.2) is 24.6 Å². The molecule has 1 fully saturated rings. The van der Waals surface area contributed by atoms with E-state index >= 15 is 0 Å². The lowest BCUT2D eigenvalue weighted by atomic mass is 10.7. The van der Waals surface area contributed by atoms with Crippen LogP contribution in [0.4, 0.5) is 0 Å². The van der Waals surface area contributed by atoms with Crippen LogP contribution in [0, 0.1) is 0 Å². The zero-order valence-electron chi connectivity index (χ0n) is 4.92. The molecule has 1 unspecified atom stereocenters. The molecule has 2 nitrogen and oxygen atoms in total. The largest absolute Gasteiger partial charge is 0.352 e. The third-order valence-corrected chi connectivity index (χ3v) is 1.75. The van der Waals surface area contributed by atoms with E-state index in [4.69, 9.17) is 9.47 Å². The summed E-state index contributed by atoms with van der Waals surface area (Å²) in [5, 5.41) is 0. The molecule has 48 valence electrons. The summed E-state index contributed by atoms with van der Waals surface area (Å²) in [6.07, 6.45) is 0.0741. The lowest BCUT2D eigenvalue weighted by molar-refractivity contribution is -0.0991. The summed E-state index contributed by atoms with van der Waals surface area (Å²) >= 11 is 1.77. The zero-order chi connectivity index (χ0) is 5.82. The van der Waals surface area contributed by atoms with E-state index in [-0.39, 0.29) is 6.29 Å². The maximum atomic E-state index is 5.16. The summed E-state index contributed by atoms with van der Waals surface area (Å²) in [6.45, 7) is 2.73. The molecule has 1 atom stereocenters. The number of hydrogen-bond donors (Lipinski definition) is 0. The van der Waals surface area contributed by atoms with Crippen LogP contribution < -0.4 is 0 Å². The maximum Gasteiger partial charge on any atom is 0.167 e. The molecule has 8 heavy (non-hydrogen) atoms. The first-order valence-corrected chi connectivity index (χ1v) is 3.90. The van der Waals surface area contributed by atoms with Crippen molar-refractivity contribution in [2.75, 3.05) is 18.3 Å². The van der Waals surface area contributed by atoms with Crippen LogP contribution in [0.15, 0.2) is 0 Å². The number of ether oxygens (including phenoxy) is 2. The molecule has 0 aromatic carbocycles. The van der Waals surface area contributed by atoms with Gasteiger partial charge in [-0.3, -0.25) is 0 Å². The van der Waals surface area contributed by atoms with Gasteiger partial charge in [0.05, 0.1) is 5.94 Å². The van der Waals surface area contributed by atoms with E-state index in [9.17, 15) is 0 Å². The van der Waals surface area contributed by atoms with Gasteiger partial charge in [-0.2, -0.15) is 0 Å². The van der Waals surface area contributed by atoms with E-state index in [1.165, 1.54) is 0 Å². The minimum Gasteiger partial charge on any atom is -0.352 e. The standard InChI is InChI=1S/C5H10O2S/c1-2-6-5-3-8-4-7-5/h5H,2-4H2,1H3. The summed E-state index contributed by atoms with van der Waals surface area (Å²) < 4.78 is 10.3. The molecule has 0 spiro atoms. The lowest BCUT2D eigenvalue weighted by Crippen LogP contribution is -2.12. The number of hydrogen-bond acceptors (Lipinski definition) is 3. The Morgan fingerprint density at radius 3 is 3.25 bits per heavy atom. The first-order chi connectivity index (χ1) is 3.93. The predicted molar refractivity (Wildman–Crippen MR) is 33.8 cm³/mol. The summed E-state index contributed by atoms with van der Waals surface area (Å²) in [6, 6.07) is 0. The molecule has 1 aliphatic heterocycles. The fourth-order valence-corrected chi connectivity index (χ4v) is 1.33. The zero-order valence-corrected chi connectivity index (χ0v) is 5.74. The molecule has 3 heteroatoms. The van der Waals surface area contributed by atoms with E-state index in [1.807, 2.05) is 6.92 Å². The van der Waals surface area contributed by atoms with Crippen molar-refractivity contribution in [3.05, 3.63) is 0 Å². The van der Waals surface area contributed by atoms with E-state index in [2.05, 4.69) is 0 Å². The van der Waals surface area contributed by atoms with Crippen LogP contribution in [0.2, 0.25) is 0 Å². The second-order valence-electron chi connectivity index (χ2n) is 1.54. The van der Waals surface area contributed by atoms with Crippen molar-refractivity contribution in [2.45, 2.75) is 13.2 Å². The van der Waals surface area contributed by atoms with Gasteiger partial charge >= 0.3 is 0 Å². The topological polar surface area (TPSA) is 18.5 Å². The Hall–Kier alpha value is 0.270. The molecular formula is C5H10O2S. The van der Waals surface area contributed by atoms with Crippen molar-refractivity contribution in [1.82, 2.24) is 0 Å². The van der Waals surface area contributed by atoms with Gasteiger partial charge < -0.3 is 9.47 Å². The molecule has 0 aromatic heterocycles. The maximum absolute atomic E-state index is 5.16. The molecule has 1 saturated heterocycles. The van der Waals surface area contributed by atoms with Crippen molar-refractivity contribution >= 4 is 11.8 Å². The predicted octanol–water partition coefficient (Wildman–Crippen LogP) is 1.07. The Labute approximate surface area is 53.5 Å². The highest BCUT2D eigenvalue weighted by molar-refractivity contribution is 7.99. The van der Waals surface area contributed by atoms with E-state index in [1.54, 1.807) is 11.8 Å². The van der Waals surface area contributed by atoms with Crippen molar-refractivity contribution in [1.29, 1.82) is 0 Å². The summed E-state index contributed by atoms with van der Waals surface area (Å²) in [5.41, 5.74) is 0. The lowest BCUT2D eigenvalue weighted by Gasteiger charge is -2.05. The van der Waals surface area contributed by atoms with Gasteiger partial charge in [0.25, 0.3) is 0 Å². The molecule has 1 heterocycles. The van der Waals surface area contributed by atoms with Crippen LogP contribution >= 0.6 is 11.8 Å². The fourth-order valence-electron chi connectivity index (χ4n) is 0.599. The highest BCUT2D eigenvalue weighted by Gasteiger charge is 2.14. The van der Waals surface area contributed by atoms with Gasteiger partial charge in [0.2, 0.25) is 0 Å². The molecule has 0 aromatic rings. The first kappa shape index (κ1) is 6.39. The minimum atomic E-state index is 0.0741. The highest BCUT2D eigenvalue weighted by atomic mass is 32.2. The van der Waals surface area contributed by atoms with Crippen molar-refractivity contribution in [3.8, 4) is 0 Å². The van der Waals surface area contributed by atoms with Crippen molar-refractivity contribution in [3.63, 3.8) is 0 Å². The van der Waals surface area contributed by atoms with Crippen molar-refractivity contribution in [2.24, 2.45) is 0 Å². The Bertz CT molecular complexity index is 61.4. The van der Waals surface area contributed by atoms with Crippen LogP contribution in [0.1, 0.15) is 6.92 Å². The molecule has 0 saturated carbocycles. The molecule has 1 rings (SSSR count). The minimum absolute atomic E-state index is 0.0741. The number of thioether (sulfide) groups is 1. The van der Waals surface area contributed by atoms with Crippen LogP contribution in [0.25, 0.3) is 0 Å². The molecule has 0 aliphatic carbocycles. The average molecular weight is 134 g/mol. The van der Waals surface area contributed by atoms with Crippen LogP contribution in [0.5, 0.6) is 0 Å². The fraction of sp³-hybridized carbons (Fsp3) is 1.00. The molecule has 1 aliphatic rings. The first-order valence-electron chi connectivity index (χ1n) is 2.74. The second-order valence-corrected chi connectivity index (χ2v) is 2.52. The normalized spacial score (nSPS) is 28.9. The Morgan fingerprint density at radius 1 is 1.88 bits per heavy atom. The smallest absolute Gasteiger partial charge is 0.167 e. The SMILES string of the molecule is CCOC1CSCO1. The van der Waals surface area contributed by atoms with Gasteiger partial charge in [-0.05, 0) is 6.92 Å². The van der Waals surface area contributed by atoms with Crippen molar-refractivity contribution < 1.29 is 9.47 Å². The van der Waals surface area contributed by atoms with Gasteiger partial charge in [-0.1, -0.05) is 0 Å². The Morgan fingerprint density at radius 2 is 2.75 bits per heavy atom. The highest BCUT2D eigenvalue weighted by Crippen LogP contribution is 2.16. The molecule has 0 bridgehead atoms. The Balaban J connectivity index is 2.06. The van der Waals surface area contributed by atoms with Crippen LogP contribution in [-0.2, 0) is 9.47 Å². The summed E-state index contributed by atoms with van der Waals surface area (Å²) in [7, 11) is 0. The average Bonchev–Trinajstić information content (AvgIpc) is 2.19. The van der Waals surface area contributed by atoms with Gasteiger partial charge in [0.15, 0.2) is 6.29 Å². The molecule has 0 radical (unpaired) electrons. The van der Waals surface area contributed by atoms with E-state index < -0.39 is 0 Å². The molecule has 0 N–H and O–H groups in total. The van der Waals surface area contributed by atoms with Gasteiger partial charge in [0.1, 0.15) is 0 Å². The summed E-state index contributed by atoms with van der Waals surface area (Å²) in [5.74, 6) is 1.79. The molecule has 0 amide bonds. The number of rotatable bonds is 2. The Kier molecular flexibility index (Phi) is 2.66. The third-order valence-electron chi connectivity index (χ3n) is 0.944. The van der Waals surface area contributed by atoms with Gasteiger partial charge in [0, 0.05) is 12.4 Å². The summed E-state index contributed by atoms with van der Waals surface area (Å²) in [4.78, 5) is 0. The van der Waals surface area contributed by atoms with Gasteiger partial charge in [-0.15, -0.1) is 11.8 Å². The monoisotopic (exact) mass is 134 g/mol. The second kappa shape index (κ2) is 3.33. The molecular weight excluding hydrogens is 124 g/mol. The van der Waals surface area contributed by atoms with E-state index in [0.29, 0.717) is 0 Å². The van der Waals surface area contributed by atoms with Gasteiger partial charge in [-0.25, -0.2) is 0 Å². The van der Waals surface area contributed by atoms with Crippen LogP contribution in [0.3, 0.4) is 0 Å². The third kappa shape index (κ3) is 1.65. The van der Waals surface area contributed by atoms with E-state index in [0.717, 1.165) is 18.3 Å². The quantitative estimate of drug-likeness (QED) is 0.563.